The van der Waals surface area contributed by atoms with Gasteiger partial charge in [-0.2, -0.15) is 0 Å². The van der Waals surface area contributed by atoms with Crippen LogP contribution in [0, 0.1) is 12.7 Å². The summed E-state index contributed by atoms with van der Waals surface area (Å²) in [4.78, 5) is 30.0. The summed E-state index contributed by atoms with van der Waals surface area (Å²) in [6.45, 7) is 2.01. The molecule has 0 unspecified atom stereocenters. The molecule has 0 saturated carbocycles. The number of hydrogen-bond donors (Lipinski definition) is 1. The maximum absolute atomic E-state index is 14.8. The second-order valence-corrected chi connectivity index (χ2v) is 9.94. The molecule has 4 aromatic carbocycles. The number of anilines is 2. The lowest BCUT2D eigenvalue weighted by molar-refractivity contribution is -0.116. The van der Waals surface area contributed by atoms with Gasteiger partial charge in [-0.3, -0.25) is 14.5 Å². The Kier molecular flexibility index (Phi) is 6.12. The lowest BCUT2D eigenvalue weighted by Crippen LogP contribution is -2.38. The molecule has 0 radical (unpaired) electrons. The minimum Gasteiger partial charge on any atom is -0.357 e. The number of benzene rings is 4. The molecular weight excluding hydrogens is 475 g/mol. The molecule has 38 heavy (non-hydrogen) atoms. The molecule has 2 aliphatic rings. The van der Waals surface area contributed by atoms with Gasteiger partial charge in [-0.15, -0.1) is 0 Å². The zero-order valence-electron chi connectivity index (χ0n) is 21.0. The summed E-state index contributed by atoms with van der Waals surface area (Å²) in [5.74, 6) is -0.879. The average molecular weight is 503 g/mol. The molecule has 4 aromatic rings. The van der Waals surface area contributed by atoms with E-state index in [0.717, 1.165) is 22.5 Å². The summed E-state index contributed by atoms with van der Waals surface area (Å²) in [7, 11) is 0. The van der Waals surface area contributed by atoms with Gasteiger partial charge >= 0.3 is 0 Å². The highest BCUT2D eigenvalue weighted by Gasteiger charge is 2.42. The van der Waals surface area contributed by atoms with Crippen LogP contribution in [0.5, 0.6) is 0 Å². The highest BCUT2D eigenvalue weighted by molar-refractivity contribution is 6.12. The zero-order valence-corrected chi connectivity index (χ0v) is 21.0. The summed E-state index contributed by atoms with van der Waals surface area (Å²) < 4.78 is 14.8. The van der Waals surface area contributed by atoms with Gasteiger partial charge < -0.3 is 5.32 Å². The molecule has 1 aliphatic heterocycles. The highest BCUT2D eigenvalue weighted by Crippen LogP contribution is 2.48. The Hall–Kier alpha value is -4.51. The highest BCUT2D eigenvalue weighted by atomic mass is 19.1. The molecule has 5 heteroatoms. The lowest BCUT2D eigenvalue weighted by atomic mass is 9.78. The van der Waals surface area contributed by atoms with E-state index in [2.05, 4.69) is 5.32 Å². The zero-order chi connectivity index (χ0) is 26.2. The molecular formula is C33H27FN2O2. The SMILES string of the molecule is Cc1ccc([C@H]2C3=C(C[C@@H](c4ccccc4F)CC3=O)Nc3ccccc3N2C(=O)c2ccccc2)cc1. The largest absolute Gasteiger partial charge is 0.357 e. The van der Waals surface area contributed by atoms with Crippen LogP contribution in [0.15, 0.2) is 114 Å². The summed E-state index contributed by atoms with van der Waals surface area (Å²) in [5.41, 5.74) is 5.73. The molecule has 0 bridgehead atoms. The van der Waals surface area contributed by atoms with E-state index < -0.39 is 6.04 Å². The first kappa shape index (κ1) is 23.9. The Morgan fingerprint density at radius 1 is 0.842 bits per heavy atom. The van der Waals surface area contributed by atoms with Gasteiger partial charge in [-0.25, -0.2) is 4.39 Å². The predicted octanol–water partition coefficient (Wildman–Crippen LogP) is 7.35. The number of allylic oxidation sites excluding steroid dienone is 1. The number of fused-ring (bicyclic) bond motifs is 1. The number of carbonyl (C=O) groups excluding carboxylic acids is 2. The van der Waals surface area contributed by atoms with Crippen molar-refractivity contribution in [2.75, 3.05) is 10.2 Å². The van der Waals surface area contributed by atoms with Crippen LogP contribution in [0.25, 0.3) is 0 Å². The fourth-order valence-corrected chi connectivity index (χ4v) is 5.62. The summed E-state index contributed by atoms with van der Waals surface area (Å²) >= 11 is 0. The quantitative estimate of drug-likeness (QED) is 0.319. The number of amides is 1. The first-order valence-corrected chi connectivity index (χ1v) is 12.8. The number of Topliss-reactive ketones (excluding diaryl/α,β-unsaturated/α-hetero) is 1. The van der Waals surface area contributed by atoms with Crippen LogP contribution < -0.4 is 10.2 Å². The van der Waals surface area contributed by atoms with Gasteiger partial charge in [0, 0.05) is 23.3 Å². The van der Waals surface area contributed by atoms with Crippen LogP contribution >= 0.6 is 0 Å². The second kappa shape index (κ2) is 9.75. The fraction of sp³-hybridized carbons (Fsp3) is 0.152. The maximum atomic E-state index is 14.8. The maximum Gasteiger partial charge on any atom is 0.259 e. The van der Waals surface area contributed by atoms with Crippen molar-refractivity contribution in [2.24, 2.45) is 0 Å². The smallest absolute Gasteiger partial charge is 0.259 e. The number of aryl methyl sites for hydroxylation is 1. The first-order valence-electron chi connectivity index (χ1n) is 12.8. The summed E-state index contributed by atoms with van der Waals surface area (Å²) in [6.07, 6.45) is 0.638. The van der Waals surface area contributed by atoms with Crippen molar-refractivity contribution in [2.45, 2.75) is 31.7 Å². The van der Waals surface area contributed by atoms with E-state index in [9.17, 15) is 14.0 Å². The van der Waals surface area contributed by atoms with Crippen LogP contribution in [-0.2, 0) is 4.79 Å². The third kappa shape index (κ3) is 4.20. The first-order chi connectivity index (χ1) is 18.5. The third-order valence-electron chi connectivity index (χ3n) is 7.47. The number of carbonyl (C=O) groups is 2. The Labute approximate surface area is 221 Å². The van der Waals surface area contributed by atoms with E-state index in [1.807, 2.05) is 73.7 Å². The number of halogens is 1. The molecule has 0 spiro atoms. The Balaban J connectivity index is 1.57. The standard InChI is InChI=1S/C33H27FN2O2/c1-21-15-17-22(18-16-21)32-31-28(19-24(20-30(31)37)25-11-5-6-12-26(25)34)35-27-13-7-8-14-29(27)36(32)33(38)23-9-3-2-4-10-23/h2-18,24,32,35H,19-20H2,1H3/t24-,32+/m1/s1. The number of rotatable bonds is 3. The molecule has 6 rings (SSSR count). The van der Waals surface area contributed by atoms with E-state index in [1.54, 1.807) is 35.2 Å². The molecule has 1 amide bonds. The molecule has 1 aliphatic carbocycles. The van der Waals surface area contributed by atoms with Crippen LogP contribution in [0.1, 0.15) is 51.8 Å². The molecule has 1 heterocycles. The summed E-state index contributed by atoms with van der Waals surface area (Å²) in [6, 6.07) is 30.8. The molecule has 1 N–H and O–H groups in total. The van der Waals surface area contributed by atoms with Gasteiger partial charge in [0.25, 0.3) is 5.91 Å². The van der Waals surface area contributed by atoms with Crippen LogP contribution in [0.4, 0.5) is 15.8 Å². The van der Waals surface area contributed by atoms with Crippen molar-refractivity contribution < 1.29 is 14.0 Å². The number of nitrogens with one attached hydrogen (secondary N) is 1. The number of para-hydroxylation sites is 2. The molecule has 0 fully saturated rings. The van der Waals surface area contributed by atoms with E-state index >= 15 is 0 Å². The minimum absolute atomic E-state index is 0.0868. The third-order valence-corrected chi connectivity index (χ3v) is 7.47. The summed E-state index contributed by atoms with van der Waals surface area (Å²) in [5, 5.41) is 3.50. The van der Waals surface area contributed by atoms with E-state index in [-0.39, 0.29) is 29.8 Å². The second-order valence-electron chi connectivity index (χ2n) is 9.94. The Morgan fingerprint density at radius 2 is 1.53 bits per heavy atom. The van der Waals surface area contributed by atoms with Crippen LogP contribution in [0.3, 0.4) is 0 Å². The Morgan fingerprint density at radius 3 is 2.29 bits per heavy atom. The number of hydrogen-bond acceptors (Lipinski definition) is 3. The lowest BCUT2D eigenvalue weighted by Gasteiger charge is -2.35. The van der Waals surface area contributed by atoms with Crippen molar-refractivity contribution in [3.63, 3.8) is 0 Å². The Bertz CT molecular complexity index is 1560. The molecule has 2 atom stereocenters. The number of ketones is 1. The molecule has 4 nitrogen and oxygen atoms in total. The molecule has 0 saturated heterocycles. The predicted molar refractivity (Wildman–Crippen MR) is 148 cm³/mol. The van der Waals surface area contributed by atoms with Crippen molar-refractivity contribution in [1.82, 2.24) is 0 Å². The normalized spacial score (nSPS) is 18.8. The van der Waals surface area contributed by atoms with Gasteiger partial charge in [0.2, 0.25) is 0 Å². The van der Waals surface area contributed by atoms with Crippen LogP contribution in [-0.4, -0.2) is 11.7 Å². The monoisotopic (exact) mass is 502 g/mol. The van der Waals surface area contributed by atoms with E-state index in [4.69, 9.17) is 0 Å². The average Bonchev–Trinajstić information content (AvgIpc) is 3.08. The molecule has 0 aromatic heterocycles. The van der Waals surface area contributed by atoms with Gasteiger partial charge in [-0.1, -0.05) is 78.4 Å². The van der Waals surface area contributed by atoms with Crippen molar-refractivity contribution >= 4 is 23.1 Å². The molecule has 188 valence electrons. The minimum atomic E-state index is -0.636. The van der Waals surface area contributed by atoms with E-state index in [0.29, 0.717) is 28.8 Å². The van der Waals surface area contributed by atoms with Gasteiger partial charge in [0.1, 0.15) is 5.82 Å². The van der Waals surface area contributed by atoms with Crippen molar-refractivity contribution in [3.05, 3.63) is 142 Å². The van der Waals surface area contributed by atoms with Gasteiger partial charge in [0.15, 0.2) is 5.78 Å². The van der Waals surface area contributed by atoms with Gasteiger partial charge in [-0.05, 0) is 60.7 Å². The van der Waals surface area contributed by atoms with Crippen molar-refractivity contribution in [3.8, 4) is 0 Å². The topological polar surface area (TPSA) is 49.4 Å². The number of nitrogens with zero attached hydrogens (tertiary/aromatic N) is 1. The van der Waals surface area contributed by atoms with Crippen molar-refractivity contribution in [1.29, 1.82) is 0 Å². The van der Waals surface area contributed by atoms with Gasteiger partial charge in [0.05, 0.1) is 17.4 Å². The fourth-order valence-electron chi connectivity index (χ4n) is 5.62. The van der Waals surface area contributed by atoms with Crippen LogP contribution in [0.2, 0.25) is 0 Å². The van der Waals surface area contributed by atoms with E-state index in [1.165, 1.54) is 6.07 Å².